The lowest BCUT2D eigenvalue weighted by atomic mass is 10.1. The Morgan fingerprint density at radius 2 is 1.53 bits per heavy atom. The maximum absolute atomic E-state index is 6.16. The number of hydrogen-bond acceptors (Lipinski definition) is 1. The summed E-state index contributed by atoms with van der Waals surface area (Å²) in [5.74, 6) is 0. The van der Waals surface area contributed by atoms with E-state index in [1.54, 1.807) is 0 Å². The van der Waals surface area contributed by atoms with E-state index in [1.807, 2.05) is 6.08 Å². The summed E-state index contributed by atoms with van der Waals surface area (Å²) in [6, 6.07) is 1.37. The van der Waals surface area contributed by atoms with Crippen molar-refractivity contribution < 1.29 is 4.12 Å². The van der Waals surface area contributed by atoms with Gasteiger partial charge >= 0.3 is 0 Å². The highest BCUT2D eigenvalue weighted by Crippen LogP contribution is 2.13. The molecule has 0 rings (SSSR count). The Hall–Kier alpha value is 0.134. The van der Waals surface area contributed by atoms with Crippen LogP contribution in [0.3, 0.4) is 0 Å². The van der Waals surface area contributed by atoms with Gasteiger partial charge in [-0.1, -0.05) is 38.2 Å². The van der Waals surface area contributed by atoms with Crippen LogP contribution in [-0.4, -0.2) is 17.4 Å². The largest absolute Gasteiger partial charge is 0.458 e. The Bertz CT molecular complexity index is 187. The van der Waals surface area contributed by atoms with Gasteiger partial charge in [0.05, 0.1) is 0 Å². The van der Waals surface area contributed by atoms with E-state index in [4.69, 9.17) is 4.12 Å². The molecular formula is C14H32OSi2. The van der Waals surface area contributed by atoms with Crippen LogP contribution in [0.2, 0.25) is 32.2 Å². The summed E-state index contributed by atoms with van der Waals surface area (Å²) < 4.78 is 6.16. The quantitative estimate of drug-likeness (QED) is 0.288. The first kappa shape index (κ1) is 17.1. The van der Waals surface area contributed by atoms with Crippen LogP contribution in [0.5, 0.6) is 0 Å². The van der Waals surface area contributed by atoms with E-state index in [-0.39, 0.29) is 0 Å². The number of allylic oxidation sites excluding steroid dienone is 1. The van der Waals surface area contributed by atoms with Crippen molar-refractivity contribution in [1.29, 1.82) is 0 Å². The van der Waals surface area contributed by atoms with Crippen LogP contribution in [0.4, 0.5) is 0 Å². The second kappa shape index (κ2) is 10.1. The van der Waals surface area contributed by atoms with Crippen LogP contribution in [0.15, 0.2) is 12.7 Å². The smallest absolute Gasteiger partial charge is 0.170 e. The molecular weight excluding hydrogens is 240 g/mol. The van der Waals surface area contributed by atoms with E-state index >= 15 is 0 Å². The molecule has 0 aliphatic heterocycles. The predicted molar refractivity (Wildman–Crippen MR) is 84.8 cm³/mol. The maximum atomic E-state index is 6.16. The van der Waals surface area contributed by atoms with Crippen LogP contribution < -0.4 is 0 Å². The fourth-order valence-corrected chi connectivity index (χ4v) is 8.25. The monoisotopic (exact) mass is 272 g/mol. The van der Waals surface area contributed by atoms with Crippen molar-refractivity contribution in [2.24, 2.45) is 0 Å². The van der Waals surface area contributed by atoms with Crippen LogP contribution in [-0.2, 0) is 4.12 Å². The Kier molecular flexibility index (Phi) is 10.2. The fraction of sp³-hybridized carbons (Fsp3) is 0.857. The van der Waals surface area contributed by atoms with Crippen LogP contribution in [0, 0.1) is 0 Å². The van der Waals surface area contributed by atoms with Gasteiger partial charge in [0.1, 0.15) is 0 Å². The first-order valence-corrected chi connectivity index (χ1v) is 13.1. The second-order valence-corrected chi connectivity index (χ2v) is 13.4. The Labute approximate surface area is 112 Å². The third-order valence-corrected chi connectivity index (χ3v) is 8.48. The molecule has 0 aromatic heterocycles. The van der Waals surface area contributed by atoms with Gasteiger partial charge in [0.2, 0.25) is 0 Å². The van der Waals surface area contributed by atoms with Crippen molar-refractivity contribution in [3.8, 4) is 0 Å². The molecule has 1 atom stereocenters. The third-order valence-electron chi connectivity index (χ3n) is 2.82. The van der Waals surface area contributed by atoms with Gasteiger partial charge in [0.25, 0.3) is 0 Å². The Morgan fingerprint density at radius 1 is 1.00 bits per heavy atom. The SMILES string of the molecule is C=CCCCCCCCC[SiH](C)O[Si](C)(C)C. The highest BCUT2D eigenvalue weighted by molar-refractivity contribution is 6.77. The highest BCUT2D eigenvalue weighted by atomic mass is 28.4. The number of unbranched alkanes of at least 4 members (excludes halogenated alkanes) is 6. The van der Waals surface area contributed by atoms with Gasteiger partial charge in [0.15, 0.2) is 17.4 Å². The van der Waals surface area contributed by atoms with Gasteiger partial charge in [0, 0.05) is 0 Å². The second-order valence-electron chi connectivity index (χ2n) is 6.03. The first-order valence-electron chi connectivity index (χ1n) is 7.24. The van der Waals surface area contributed by atoms with Gasteiger partial charge in [-0.25, -0.2) is 0 Å². The molecule has 1 unspecified atom stereocenters. The molecule has 0 saturated carbocycles. The van der Waals surface area contributed by atoms with Crippen molar-refractivity contribution >= 4 is 17.4 Å². The van der Waals surface area contributed by atoms with Crippen LogP contribution in [0.25, 0.3) is 0 Å². The first-order chi connectivity index (χ1) is 7.95. The zero-order valence-electron chi connectivity index (χ0n) is 12.4. The zero-order valence-corrected chi connectivity index (χ0v) is 14.6. The van der Waals surface area contributed by atoms with E-state index in [9.17, 15) is 0 Å². The van der Waals surface area contributed by atoms with Gasteiger partial charge in [-0.2, -0.15) is 0 Å². The molecule has 0 aromatic carbocycles. The summed E-state index contributed by atoms with van der Waals surface area (Å²) in [6.07, 6.45) is 11.5. The van der Waals surface area contributed by atoms with E-state index in [1.165, 1.54) is 51.0 Å². The van der Waals surface area contributed by atoms with Gasteiger partial charge in [-0.3, -0.25) is 0 Å². The maximum Gasteiger partial charge on any atom is 0.170 e. The molecule has 0 amide bonds. The van der Waals surface area contributed by atoms with Gasteiger partial charge < -0.3 is 4.12 Å². The van der Waals surface area contributed by atoms with Crippen molar-refractivity contribution in [2.75, 3.05) is 0 Å². The molecule has 0 heterocycles. The Balaban J connectivity index is 3.25. The molecule has 0 aliphatic rings. The van der Waals surface area contributed by atoms with Crippen molar-refractivity contribution in [3.63, 3.8) is 0 Å². The molecule has 3 heteroatoms. The Morgan fingerprint density at radius 3 is 2.06 bits per heavy atom. The molecule has 0 bridgehead atoms. The van der Waals surface area contributed by atoms with E-state index in [2.05, 4.69) is 32.8 Å². The molecule has 0 spiro atoms. The average molecular weight is 273 g/mol. The predicted octanol–water partition coefficient (Wildman–Crippen LogP) is 5.11. The third kappa shape index (κ3) is 14.1. The summed E-state index contributed by atoms with van der Waals surface area (Å²) in [4.78, 5) is 0. The molecule has 17 heavy (non-hydrogen) atoms. The standard InChI is InChI=1S/C14H32OSi2/c1-6-7-8-9-10-11-12-13-14-16(2)15-17(3,4)5/h6,16H,1,7-14H2,2-5H3. The van der Waals surface area contributed by atoms with Crippen LogP contribution in [0.1, 0.15) is 44.9 Å². The lowest BCUT2D eigenvalue weighted by Gasteiger charge is -2.22. The van der Waals surface area contributed by atoms with Crippen LogP contribution >= 0.6 is 0 Å². The molecule has 0 N–H and O–H groups in total. The van der Waals surface area contributed by atoms with Crippen molar-refractivity contribution in [3.05, 3.63) is 12.7 Å². The van der Waals surface area contributed by atoms with E-state index < -0.39 is 17.4 Å². The minimum atomic E-state index is -1.26. The summed E-state index contributed by atoms with van der Waals surface area (Å²) in [7, 11) is -2.11. The number of hydrogen-bond donors (Lipinski definition) is 0. The van der Waals surface area contributed by atoms with Crippen molar-refractivity contribution in [2.45, 2.75) is 77.2 Å². The average Bonchev–Trinajstić information content (AvgIpc) is 2.19. The summed E-state index contributed by atoms with van der Waals surface area (Å²) in [5.41, 5.74) is 0. The lowest BCUT2D eigenvalue weighted by molar-refractivity contribution is 0.558. The zero-order chi connectivity index (χ0) is 13.1. The summed E-state index contributed by atoms with van der Waals surface area (Å²) in [5, 5.41) is 0. The van der Waals surface area contributed by atoms with Crippen molar-refractivity contribution in [1.82, 2.24) is 0 Å². The van der Waals surface area contributed by atoms with E-state index in [0.29, 0.717) is 0 Å². The minimum Gasteiger partial charge on any atom is -0.458 e. The highest BCUT2D eigenvalue weighted by Gasteiger charge is 2.18. The molecule has 0 radical (unpaired) electrons. The molecule has 1 nitrogen and oxygen atoms in total. The fourth-order valence-electron chi connectivity index (χ4n) is 2.09. The molecule has 0 saturated heterocycles. The summed E-state index contributed by atoms with van der Waals surface area (Å²) in [6.45, 7) is 13.0. The summed E-state index contributed by atoms with van der Waals surface area (Å²) >= 11 is 0. The topological polar surface area (TPSA) is 9.23 Å². The van der Waals surface area contributed by atoms with Gasteiger partial charge in [-0.15, -0.1) is 6.58 Å². The normalized spacial score (nSPS) is 13.6. The molecule has 0 fully saturated rings. The molecule has 0 aliphatic carbocycles. The molecule has 0 aromatic rings. The minimum absolute atomic E-state index is 0.849. The lowest BCUT2D eigenvalue weighted by Crippen LogP contribution is -2.32. The van der Waals surface area contributed by atoms with E-state index in [0.717, 1.165) is 0 Å². The molecule has 102 valence electrons. The van der Waals surface area contributed by atoms with Gasteiger partial charge in [-0.05, 0) is 45.1 Å². The number of rotatable bonds is 11.